The van der Waals surface area contributed by atoms with Gasteiger partial charge in [0.15, 0.2) is 11.5 Å². The van der Waals surface area contributed by atoms with E-state index in [-0.39, 0.29) is 11.3 Å². The zero-order valence-electron chi connectivity index (χ0n) is 13.0. The largest absolute Gasteiger partial charge is 0.493 e. The molecule has 0 radical (unpaired) electrons. The molecule has 0 saturated heterocycles. The molecular formula is C16H12F4INO3. The highest BCUT2D eigenvalue weighted by Gasteiger charge is 2.31. The molecule has 4 nitrogen and oxygen atoms in total. The van der Waals surface area contributed by atoms with Crippen LogP contribution < -0.4 is 14.8 Å². The molecule has 0 unspecified atom stereocenters. The lowest BCUT2D eigenvalue weighted by Gasteiger charge is -2.13. The molecule has 0 atom stereocenters. The lowest BCUT2D eigenvalue weighted by Crippen LogP contribution is -2.16. The number of rotatable bonds is 4. The van der Waals surface area contributed by atoms with E-state index in [9.17, 15) is 22.4 Å². The van der Waals surface area contributed by atoms with Crippen molar-refractivity contribution in [3.8, 4) is 11.5 Å². The summed E-state index contributed by atoms with van der Waals surface area (Å²) < 4.78 is 62.6. The van der Waals surface area contributed by atoms with Gasteiger partial charge in [0.1, 0.15) is 5.82 Å². The second-order valence-corrected chi connectivity index (χ2v) is 6.00. The van der Waals surface area contributed by atoms with Crippen LogP contribution in [0.3, 0.4) is 0 Å². The minimum atomic E-state index is -4.65. The summed E-state index contributed by atoms with van der Waals surface area (Å²) >= 11 is 1.86. The quantitative estimate of drug-likeness (QED) is 0.521. The molecule has 0 aromatic heterocycles. The van der Waals surface area contributed by atoms with Crippen LogP contribution in [0.15, 0.2) is 30.3 Å². The zero-order valence-corrected chi connectivity index (χ0v) is 15.2. The number of nitrogens with one attached hydrogen (secondary N) is 1. The molecule has 2 rings (SSSR count). The number of carbonyl (C=O) groups is 1. The van der Waals surface area contributed by atoms with Crippen LogP contribution in [-0.2, 0) is 6.18 Å². The first-order chi connectivity index (χ1) is 11.7. The highest BCUT2D eigenvalue weighted by molar-refractivity contribution is 14.1. The molecule has 2 aromatic carbocycles. The minimum Gasteiger partial charge on any atom is -0.493 e. The van der Waals surface area contributed by atoms with Crippen molar-refractivity contribution in [3.63, 3.8) is 0 Å². The van der Waals surface area contributed by atoms with Crippen LogP contribution in [0.1, 0.15) is 15.9 Å². The number of benzene rings is 2. The van der Waals surface area contributed by atoms with E-state index < -0.39 is 29.2 Å². The van der Waals surface area contributed by atoms with Gasteiger partial charge in [-0.1, -0.05) is 0 Å². The van der Waals surface area contributed by atoms with E-state index in [1.165, 1.54) is 26.4 Å². The molecule has 25 heavy (non-hydrogen) atoms. The van der Waals surface area contributed by atoms with Crippen molar-refractivity contribution < 1.29 is 31.8 Å². The van der Waals surface area contributed by atoms with Crippen LogP contribution >= 0.6 is 22.6 Å². The topological polar surface area (TPSA) is 47.6 Å². The molecule has 0 spiro atoms. The Kier molecular flexibility index (Phi) is 5.76. The van der Waals surface area contributed by atoms with E-state index in [4.69, 9.17) is 9.47 Å². The van der Waals surface area contributed by atoms with E-state index >= 15 is 0 Å². The highest BCUT2D eigenvalue weighted by atomic mass is 127. The first-order valence-corrected chi connectivity index (χ1v) is 7.85. The molecule has 2 aromatic rings. The maximum absolute atomic E-state index is 13.8. The summed E-state index contributed by atoms with van der Waals surface area (Å²) in [5.74, 6) is -1.10. The van der Waals surface area contributed by atoms with Crippen molar-refractivity contribution in [2.45, 2.75) is 6.18 Å². The predicted molar refractivity (Wildman–Crippen MR) is 91.6 cm³/mol. The average molecular weight is 469 g/mol. The molecular weight excluding hydrogens is 457 g/mol. The average Bonchev–Trinajstić information content (AvgIpc) is 2.55. The van der Waals surface area contributed by atoms with Gasteiger partial charge in [-0.2, -0.15) is 13.2 Å². The fraction of sp³-hybridized carbons (Fsp3) is 0.188. The number of carbonyl (C=O) groups excluding carboxylic acids is 1. The molecule has 0 saturated carbocycles. The predicted octanol–water partition coefficient (Wildman–Crippen LogP) is 4.72. The third-order valence-corrected chi connectivity index (χ3v) is 4.15. The Hall–Kier alpha value is -2.04. The second kappa shape index (κ2) is 7.46. The van der Waals surface area contributed by atoms with E-state index in [0.29, 0.717) is 27.5 Å². The molecule has 134 valence electrons. The molecule has 0 aliphatic rings. The molecule has 9 heteroatoms. The summed E-state index contributed by atoms with van der Waals surface area (Å²) in [6, 6.07) is 4.68. The van der Waals surface area contributed by atoms with Crippen LogP contribution in [-0.4, -0.2) is 20.1 Å². The number of ether oxygens (including phenoxy) is 2. The summed E-state index contributed by atoms with van der Waals surface area (Å²) in [5.41, 5.74) is -1.52. The Morgan fingerprint density at radius 3 is 2.24 bits per heavy atom. The third kappa shape index (κ3) is 4.33. The first kappa shape index (κ1) is 19.3. The minimum absolute atomic E-state index is 0.107. The van der Waals surface area contributed by atoms with E-state index in [0.717, 1.165) is 0 Å². The summed E-state index contributed by atoms with van der Waals surface area (Å²) in [5, 5.41) is 2.15. The Balaban J connectivity index is 2.37. The van der Waals surface area contributed by atoms with Gasteiger partial charge in [0.2, 0.25) is 0 Å². The van der Waals surface area contributed by atoms with Crippen molar-refractivity contribution in [3.05, 3.63) is 50.8 Å². The number of hydrogen-bond acceptors (Lipinski definition) is 3. The maximum Gasteiger partial charge on any atom is 0.416 e. The van der Waals surface area contributed by atoms with Gasteiger partial charge in [-0.15, -0.1) is 0 Å². The van der Waals surface area contributed by atoms with Crippen molar-refractivity contribution in [2.75, 3.05) is 19.5 Å². The summed E-state index contributed by atoms with van der Waals surface area (Å²) in [7, 11) is 2.80. The van der Waals surface area contributed by atoms with Crippen LogP contribution in [0.5, 0.6) is 11.5 Å². The molecule has 0 aliphatic heterocycles. The summed E-state index contributed by atoms with van der Waals surface area (Å²) in [6.07, 6.45) is -4.65. The van der Waals surface area contributed by atoms with Crippen LogP contribution in [0.4, 0.5) is 23.2 Å². The number of alkyl halides is 3. The van der Waals surface area contributed by atoms with Gasteiger partial charge in [0.05, 0.1) is 31.0 Å². The summed E-state index contributed by atoms with van der Waals surface area (Å²) in [4.78, 5) is 12.4. The van der Waals surface area contributed by atoms with Crippen molar-refractivity contribution in [2.24, 2.45) is 0 Å². The van der Waals surface area contributed by atoms with E-state index in [1.807, 2.05) is 22.6 Å². The first-order valence-electron chi connectivity index (χ1n) is 6.77. The Morgan fingerprint density at radius 1 is 1.08 bits per heavy atom. The Labute approximate surface area is 154 Å². The molecule has 1 N–H and O–H groups in total. The molecule has 0 heterocycles. The smallest absolute Gasteiger partial charge is 0.416 e. The van der Waals surface area contributed by atoms with E-state index in [2.05, 4.69) is 5.32 Å². The van der Waals surface area contributed by atoms with Gasteiger partial charge in [-0.05, 0) is 52.9 Å². The number of methoxy groups -OCH3 is 2. The molecule has 1 amide bonds. The Morgan fingerprint density at radius 2 is 1.68 bits per heavy atom. The normalized spacial score (nSPS) is 11.2. The monoisotopic (exact) mass is 469 g/mol. The fourth-order valence-electron chi connectivity index (χ4n) is 2.02. The maximum atomic E-state index is 13.8. The highest BCUT2D eigenvalue weighted by Crippen LogP contribution is 2.33. The summed E-state index contributed by atoms with van der Waals surface area (Å²) in [6.45, 7) is 0. The van der Waals surface area contributed by atoms with E-state index in [1.54, 1.807) is 0 Å². The van der Waals surface area contributed by atoms with Gasteiger partial charge < -0.3 is 14.8 Å². The number of halogens is 5. The van der Waals surface area contributed by atoms with Crippen molar-refractivity contribution in [1.29, 1.82) is 0 Å². The SMILES string of the molecule is COc1cc(I)c(C(=O)Nc2cc(C(F)(F)F)ccc2F)cc1OC. The van der Waals surface area contributed by atoms with Crippen LogP contribution in [0, 0.1) is 9.39 Å². The number of hydrogen-bond donors (Lipinski definition) is 1. The molecule has 0 aliphatic carbocycles. The van der Waals surface area contributed by atoms with Crippen LogP contribution in [0.25, 0.3) is 0 Å². The van der Waals surface area contributed by atoms with Gasteiger partial charge in [0.25, 0.3) is 5.91 Å². The van der Waals surface area contributed by atoms with Crippen LogP contribution in [0.2, 0.25) is 0 Å². The number of anilines is 1. The van der Waals surface area contributed by atoms with Gasteiger partial charge in [-0.3, -0.25) is 4.79 Å². The molecule has 0 bridgehead atoms. The Bertz CT molecular complexity index is 809. The number of amides is 1. The lowest BCUT2D eigenvalue weighted by molar-refractivity contribution is -0.137. The fourth-order valence-corrected chi connectivity index (χ4v) is 2.70. The van der Waals surface area contributed by atoms with Gasteiger partial charge in [-0.25, -0.2) is 4.39 Å². The zero-order chi connectivity index (χ0) is 18.8. The van der Waals surface area contributed by atoms with Crippen molar-refractivity contribution in [1.82, 2.24) is 0 Å². The standard InChI is InChI=1S/C16H12F4INO3/c1-24-13-6-9(11(21)7-14(13)25-2)15(23)22-12-5-8(16(18,19)20)3-4-10(12)17/h3-7H,1-2H3,(H,22,23). The van der Waals surface area contributed by atoms with Gasteiger partial charge >= 0.3 is 6.18 Å². The van der Waals surface area contributed by atoms with Gasteiger partial charge in [0, 0.05) is 3.57 Å². The third-order valence-electron chi connectivity index (χ3n) is 3.26. The molecule has 0 fully saturated rings. The van der Waals surface area contributed by atoms with Crippen molar-refractivity contribution >= 4 is 34.2 Å². The second-order valence-electron chi connectivity index (χ2n) is 4.83. The lowest BCUT2D eigenvalue weighted by atomic mass is 10.1.